The molecule has 5 atom stereocenters. The molecule has 0 amide bonds. The van der Waals surface area contributed by atoms with Gasteiger partial charge in [-0.25, -0.2) is 9.13 Å². The van der Waals surface area contributed by atoms with Crippen LogP contribution < -0.4 is 0 Å². The van der Waals surface area contributed by atoms with Gasteiger partial charge in [-0.05, 0) is 37.5 Å². The number of unbranched alkanes of at least 4 members (excludes halogenated alkanes) is 55. The van der Waals surface area contributed by atoms with E-state index in [4.69, 9.17) is 37.0 Å². The SMILES string of the molecule is CCCCCCCCCCCCCCCCCCCCCC(=O)OC[C@H](COP(=O)(O)OC[C@@H](O)COP(=O)(O)OC[C@@H](COC(=O)CCCCCCCCCCCC(C)C)OC(=O)CCCCCCCCCCCCCCCCC)OC(=O)CCCCCCCCCCCCCCCCCCC(C)C. The van der Waals surface area contributed by atoms with Crippen LogP contribution in [-0.4, -0.2) is 96.7 Å². The van der Waals surface area contributed by atoms with E-state index in [1.165, 1.54) is 276 Å². The number of ether oxygens (including phenoxy) is 4. The van der Waals surface area contributed by atoms with Crippen LogP contribution in [0.5, 0.6) is 0 Å². The van der Waals surface area contributed by atoms with Gasteiger partial charge in [0.15, 0.2) is 12.2 Å². The Kier molecular flexibility index (Phi) is 76.0. The maximum atomic E-state index is 13.2. The molecule has 17 nitrogen and oxygen atoms in total. The molecule has 0 saturated heterocycles. The molecule has 0 bridgehead atoms. The van der Waals surface area contributed by atoms with Crippen LogP contribution in [0.3, 0.4) is 0 Å². The fraction of sp³-hybridized carbons (Fsp3) is 0.953. The number of carbonyl (C=O) groups is 4. The Morgan fingerprint density at radius 1 is 0.257 bits per heavy atom. The molecule has 0 fully saturated rings. The second-order valence-corrected chi connectivity index (χ2v) is 34.8. The standard InChI is InChI=1S/C86H168O17P2/c1-7-9-11-13-15-17-19-21-23-24-25-26-31-34-38-44-50-56-62-68-83(88)96-74-81(102-86(91)71-65-59-53-46-40-36-32-28-27-30-33-37-42-48-54-60-66-78(3)4)76-100-104(92,93)98-72-80(87)73-99-105(94,95)101-77-82(75-97-84(89)69-63-57-51-47-41-43-49-55-61-67-79(5)6)103-85(90)70-64-58-52-45-39-35-29-22-20-18-16-14-12-10-8-2/h78-82,87H,7-77H2,1-6H3,(H,92,93)(H,94,95)/t80-,81-,82-/m1/s1. The van der Waals surface area contributed by atoms with Crippen LogP contribution in [0.1, 0.15) is 459 Å². The highest BCUT2D eigenvalue weighted by Crippen LogP contribution is 2.45. The van der Waals surface area contributed by atoms with Gasteiger partial charge in [0, 0.05) is 25.7 Å². The van der Waals surface area contributed by atoms with Gasteiger partial charge in [-0.3, -0.25) is 37.3 Å². The van der Waals surface area contributed by atoms with Gasteiger partial charge >= 0.3 is 39.5 Å². The number of phosphoric ester groups is 2. The molecule has 2 unspecified atom stereocenters. The van der Waals surface area contributed by atoms with E-state index in [0.29, 0.717) is 25.7 Å². The number of esters is 4. The summed E-state index contributed by atoms with van der Waals surface area (Å²) in [6, 6.07) is 0. The van der Waals surface area contributed by atoms with Crippen molar-refractivity contribution >= 4 is 39.5 Å². The first-order chi connectivity index (χ1) is 50.9. The number of hydrogen-bond acceptors (Lipinski definition) is 15. The Bertz CT molecular complexity index is 2010. The molecule has 0 aliphatic carbocycles. The molecule has 0 rings (SSSR count). The molecular weight excluding hydrogens is 1370 g/mol. The van der Waals surface area contributed by atoms with Crippen LogP contribution in [0.2, 0.25) is 0 Å². The molecule has 0 aromatic rings. The molecule has 0 aromatic carbocycles. The highest BCUT2D eigenvalue weighted by Gasteiger charge is 2.30. The van der Waals surface area contributed by atoms with E-state index in [9.17, 15) is 43.2 Å². The van der Waals surface area contributed by atoms with Crippen molar-refractivity contribution in [1.82, 2.24) is 0 Å². The normalized spacial score (nSPS) is 13.8. The van der Waals surface area contributed by atoms with E-state index in [-0.39, 0.29) is 25.7 Å². The van der Waals surface area contributed by atoms with Crippen molar-refractivity contribution in [3.8, 4) is 0 Å². The number of aliphatic hydroxyl groups excluding tert-OH is 1. The molecule has 0 radical (unpaired) electrons. The van der Waals surface area contributed by atoms with Crippen molar-refractivity contribution in [2.45, 2.75) is 477 Å². The van der Waals surface area contributed by atoms with E-state index >= 15 is 0 Å². The van der Waals surface area contributed by atoms with Crippen LogP contribution in [0.4, 0.5) is 0 Å². The highest BCUT2D eigenvalue weighted by molar-refractivity contribution is 7.47. The molecule has 0 saturated carbocycles. The molecule has 0 aliphatic rings. The maximum Gasteiger partial charge on any atom is 0.472 e. The van der Waals surface area contributed by atoms with Crippen molar-refractivity contribution in [1.29, 1.82) is 0 Å². The molecule has 0 aliphatic heterocycles. The second kappa shape index (κ2) is 77.4. The highest BCUT2D eigenvalue weighted by atomic mass is 31.2. The van der Waals surface area contributed by atoms with Gasteiger partial charge in [0.25, 0.3) is 0 Å². The van der Waals surface area contributed by atoms with E-state index in [1.807, 2.05) is 0 Å². The fourth-order valence-corrected chi connectivity index (χ4v) is 15.0. The lowest BCUT2D eigenvalue weighted by atomic mass is 10.0. The third kappa shape index (κ3) is 79.9. The summed E-state index contributed by atoms with van der Waals surface area (Å²) in [5.41, 5.74) is 0. The third-order valence-electron chi connectivity index (χ3n) is 20.2. The number of phosphoric acid groups is 2. The number of aliphatic hydroxyl groups is 1. The Labute approximate surface area is 645 Å². The van der Waals surface area contributed by atoms with E-state index < -0.39 is 97.5 Å². The van der Waals surface area contributed by atoms with Gasteiger partial charge in [-0.1, -0.05) is 408 Å². The molecular formula is C86H168O17P2. The lowest BCUT2D eigenvalue weighted by Crippen LogP contribution is -2.30. The fourth-order valence-electron chi connectivity index (χ4n) is 13.4. The minimum absolute atomic E-state index is 0.108. The maximum absolute atomic E-state index is 13.2. The van der Waals surface area contributed by atoms with Gasteiger partial charge in [-0.2, -0.15) is 0 Å². The number of carbonyl (C=O) groups excluding carboxylic acids is 4. The van der Waals surface area contributed by atoms with Crippen LogP contribution >= 0.6 is 15.6 Å². The first kappa shape index (κ1) is 103. The zero-order valence-electron chi connectivity index (χ0n) is 69.0. The van der Waals surface area contributed by atoms with Gasteiger partial charge in [0.05, 0.1) is 26.4 Å². The average molecular weight is 1540 g/mol. The minimum atomic E-state index is -4.97. The molecule has 105 heavy (non-hydrogen) atoms. The summed E-state index contributed by atoms with van der Waals surface area (Å²) in [6.45, 7) is 9.69. The molecule has 3 N–H and O–H groups in total. The van der Waals surface area contributed by atoms with Crippen LogP contribution in [0, 0.1) is 11.8 Å². The van der Waals surface area contributed by atoms with E-state index in [0.717, 1.165) is 102 Å². The summed E-state index contributed by atoms with van der Waals surface area (Å²) in [6.07, 6.45) is 69.4. The average Bonchev–Trinajstić information content (AvgIpc) is 0.909. The molecule has 0 aromatic heterocycles. The summed E-state index contributed by atoms with van der Waals surface area (Å²) in [7, 11) is -9.93. The molecule has 624 valence electrons. The third-order valence-corrected chi connectivity index (χ3v) is 22.1. The zero-order valence-corrected chi connectivity index (χ0v) is 70.8. The Morgan fingerprint density at radius 3 is 0.648 bits per heavy atom. The lowest BCUT2D eigenvalue weighted by Gasteiger charge is -2.21. The summed E-state index contributed by atoms with van der Waals surface area (Å²) in [5.74, 6) is -0.548. The molecule has 0 spiro atoms. The predicted octanol–water partition coefficient (Wildman–Crippen LogP) is 26.2. The Balaban J connectivity index is 5.25. The van der Waals surface area contributed by atoms with E-state index in [1.54, 1.807) is 0 Å². The second-order valence-electron chi connectivity index (χ2n) is 31.9. The zero-order chi connectivity index (χ0) is 77.1. The number of hydrogen-bond donors (Lipinski definition) is 3. The number of rotatable bonds is 85. The van der Waals surface area contributed by atoms with Gasteiger partial charge in [0.2, 0.25) is 0 Å². The van der Waals surface area contributed by atoms with Crippen LogP contribution in [0.25, 0.3) is 0 Å². The minimum Gasteiger partial charge on any atom is -0.462 e. The van der Waals surface area contributed by atoms with Crippen molar-refractivity contribution in [3.05, 3.63) is 0 Å². The molecule has 0 heterocycles. The van der Waals surface area contributed by atoms with Crippen molar-refractivity contribution in [2.75, 3.05) is 39.6 Å². The molecule has 19 heteroatoms. The van der Waals surface area contributed by atoms with Gasteiger partial charge in [-0.15, -0.1) is 0 Å². The quantitative estimate of drug-likeness (QED) is 0.0222. The first-order valence-corrected chi connectivity index (χ1v) is 47.5. The topological polar surface area (TPSA) is 237 Å². The lowest BCUT2D eigenvalue weighted by molar-refractivity contribution is -0.161. The summed E-state index contributed by atoms with van der Waals surface area (Å²) in [4.78, 5) is 73.3. The first-order valence-electron chi connectivity index (χ1n) is 44.5. The summed E-state index contributed by atoms with van der Waals surface area (Å²) >= 11 is 0. The smallest absolute Gasteiger partial charge is 0.462 e. The monoisotopic (exact) mass is 1540 g/mol. The Morgan fingerprint density at radius 2 is 0.438 bits per heavy atom. The van der Waals surface area contributed by atoms with Crippen LogP contribution in [0.15, 0.2) is 0 Å². The van der Waals surface area contributed by atoms with Crippen molar-refractivity contribution in [3.63, 3.8) is 0 Å². The van der Waals surface area contributed by atoms with Crippen LogP contribution in [-0.2, 0) is 65.4 Å². The van der Waals surface area contributed by atoms with Crippen molar-refractivity contribution in [2.24, 2.45) is 11.8 Å². The largest absolute Gasteiger partial charge is 0.472 e. The van der Waals surface area contributed by atoms with E-state index in [2.05, 4.69) is 41.5 Å². The Hall–Kier alpha value is -1.94. The van der Waals surface area contributed by atoms with Crippen molar-refractivity contribution < 1.29 is 80.2 Å². The van der Waals surface area contributed by atoms with Gasteiger partial charge in [0.1, 0.15) is 19.3 Å². The predicted molar refractivity (Wildman–Crippen MR) is 432 cm³/mol. The van der Waals surface area contributed by atoms with Gasteiger partial charge < -0.3 is 33.8 Å². The summed E-state index contributed by atoms with van der Waals surface area (Å²) < 4.78 is 68.9. The summed E-state index contributed by atoms with van der Waals surface area (Å²) in [5, 5.41) is 10.7.